The average molecular weight is 462 g/mol. The van der Waals surface area contributed by atoms with Gasteiger partial charge in [-0.2, -0.15) is 0 Å². The highest BCUT2D eigenvalue weighted by molar-refractivity contribution is 9.10. The molecule has 30 heavy (non-hydrogen) atoms. The minimum absolute atomic E-state index is 0.0453. The van der Waals surface area contributed by atoms with E-state index in [4.69, 9.17) is 9.47 Å². The summed E-state index contributed by atoms with van der Waals surface area (Å²) in [5.74, 6) is 0.227. The van der Waals surface area contributed by atoms with Crippen LogP contribution < -0.4 is 4.74 Å². The van der Waals surface area contributed by atoms with Crippen LogP contribution in [0.5, 0.6) is 5.75 Å². The number of ketones is 1. The van der Waals surface area contributed by atoms with E-state index in [1.807, 2.05) is 42.5 Å². The van der Waals surface area contributed by atoms with Crippen LogP contribution >= 0.6 is 15.9 Å². The number of rotatable bonds is 6. The molecule has 1 heterocycles. The minimum atomic E-state index is -0.505. The van der Waals surface area contributed by atoms with Gasteiger partial charge in [-0.25, -0.2) is 9.79 Å². The fourth-order valence-electron chi connectivity index (χ4n) is 2.83. The Bertz CT molecular complexity index is 1150. The zero-order valence-corrected chi connectivity index (χ0v) is 17.3. The normalized spacial score (nSPS) is 14.4. The maximum atomic E-state index is 12.2. The van der Waals surface area contributed by atoms with Crippen molar-refractivity contribution in [1.82, 2.24) is 0 Å². The Kier molecular flexibility index (Phi) is 5.86. The molecule has 3 aromatic carbocycles. The van der Waals surface area contributed by atoms with Gasteiger partial charge in [0, 0.05) is 10.0 Å². The van der Waals surface area contributed by atoms with Gasteiger partial charge in [-0.05, 0) is 51.8 Å². The molecule has 0 atom stereocenters. The molecule has 0 saturated heterocycles. The van der Waals surface area contributed by atoms with Crippen molar-refractivity contribution in [2.24, 2.45) is 4.99 Å². The smallest absolute Gasteiger partial charge is 0.363 e. The summed E-state index contributed by atoms with van der Waals surface area (Å²) < 4.78 is 11.7. The van der Waals surface area contributed by atoms with E-state index in [-0.39, 0.29) is 24.0 Å². The molecule has 0 bridgehead atoms. The Labute approximate surface area is 181 Å². The van der Waals surface area contributed by atoms with Crippen LogP contribution in [0.15, 0.2) is 94.0 Å². The third-order valence-electron chi connectivity index (χ3n) is 4.37. The summed E-state index contributed by atoms with van der Waals surface area (Å²) in [6.07, 6.45) is 1.64. The second-order valence-electron chi connectivity index (χ2n) is 6.46. The lowest BCUT2D eigenvalue weighted by molar-refractivity contribution is -0.129. The van der Waals surface area contributed by atoms with E-state index in [0.29, 0.717) is 16.9 Å². The van der Waals surface area contributed by atoms with Crippen molar-refractivity contribution in [3.05, 3.63) is 106 Å². The number of cyclic esters (lactones) is 1. The molecule has 1 aliphatic heterocycles. The van der Waals surface area contributed by atoms with E-state index in [1.165, 1.54) is 0 Å². The third kappa shape index (κ3) is 4.55. The first-order valence-electron chi connectivity index (χ1n) is 9.19. The molecule has 0 unspecified atom stereocenters. The van der Waals surface area contributed by atoms with Gasteiger partial charge in [-0.3, -0.25) is 4.79 Å². The molecule has 0 aliphatic carbocycles. The summed E-state index contributed by atoms with van der Waals surface area (Å²) in [5, 5.41) is 0. The molecule has 6 heteroatoms. The van der Waals surface area contributed by atoms with E-state index in [1.54, 1.807) is 42.5 Å². The van der Waals surface area contributed by atoms with E-state index in [2.05, 4.69) is 20.9 Å². The Morgan fingerprint density at radius 2 is 1.67 bits per heavy atom. The lowest BCUT2D eigenvalue weighted by atomic mass is 10.1. The van der Waals surface area contributed by atoms with Crippen molar-refractivity contribution in [3.63, 3.8) is 0 Å². The highest BCUT2D eigenvalue weighted by Crippen LogP contribution is 2.24. The van der Waals surface area contributed by atoms with Gasteiger partial charge in [0.2, 0.25) is 5.90 Å². The molecule has 0 amide bonds. The fourth-order valence-corrected chi connectivity index (χ4v) is 3.29. The molecule has 3 aromatic rings. The van der Waals surface area contributed by atoms with Crippen molar-refractivity contribution < 1.29 is 19.1 Å². The summed E-state index contributed by atoms with van der Waals surface area (Å²) in [6, 6.07) is 23.4. The Morgan fingerprint density at radius 3 is 2.40 bits per heavy atom. The van der Waals surface area contributed by atoms with Crippen LogP contribution in [-0.2, 0) is 9.53 Å². The predicted molar refractivity (Wildman–Crippen MR) is 117 cm³/mol. The van der Waals surface area contributed by atoms with E-state index < -0.39 is 5.97 Å². The monoisotopic (exact) mass is 461 g/mol. The standard InChI is InChI=1S/C24H16BrNO4/c25-20-9-5-4-8-19(20)23-26-21(24(28)30-23)14-16-10-12-18(13-11-16)29-15-22(27)17-6-2-1-3-7-17/h1-14H,15H2/b21-14-. The van der Waals surface area contributed by atoms with Crippen LogP contribution in [0.4, 0.5) is 0 Å². The van der Waals surface area contributed by atoms with Crippen molar-refractivity contribution in [3.8, 4) is 5.75 Å². The molecule has 0 aromatic heterocycles. The van der Waals surface area contributed by atoms with Gasteiger partial charge in [0.15, 0.2) is 18.1 Å². The number of carbonyl (C=O) groups is 2. The van der Waals surface area contributed by atoms with Gasteiger partial charge >= 0.3 is 5.97 Å². The highest BCUT2D eigenvalue weighted by Gasteiger charge is 2.25. The molecular formula is C24H16BrNO4. The Morgan fingerprint density at radius 1 is 0.967 bits per heavy atom. The van der Waals surface area contributed by atoms with Crippen molar-refractivity contribution in [1.29, 1.82) is 0 Å². The molecule has 0 radical (unpaired) electrons. The molecule has 4 rings (SSSR count). The van der Waals surface area contributed by atoms with Crippen LogP contribution in [0.3, 0.4) is 0 Å². The minimum Gasteiger partial charge on any atom is -0.485 e. The zero-order valence-electron chi connectivity index (χ0n) is 15.7. The average Bonchev–Trinajstić information content (AvgIpc) is 3.14. The maximum absolute atomic E-state index is 12.2. The Balaban J connectivity index is 1.44. The summed E-state index contributed by atoms with van der Waals surface area (Å²) in [5.41, 5.74) is 2.30. The number of hydrogen-bond acceptors (Lipinski definition) is 5. The van der Waals surface area contributed by atoms with Gasteiger partial charge in [-0.1, -0.05) is 54.6 Å². The van der Waals surface area contributed by atoms with Crippen LogP contribution in [0, 0.1) is 0 Å². The highest BCUT2D eigenvalue weighted by atomic mass is 79.9. The molecule has 0 saturated carbocycles. The largest absolute Gasteiger partial charge is 0.485 e. The predicted octanol–water partition coefficient (Wildman–Crippen LogP) is 5.06. The first kappa shape index (κ1) is 19.8. The molecule has 5 nitrogen and oxygen atoms in total. The number of carbonyl (C=O) groups excluding carboxylic acids is 2. The maximum Gasteiger partial charge on any atom is 0.363 e. The molecule has 1 aliphatic rings. The lowest BCUT2D eigenvalue weighted by Crippen LogP contribution is -2.11. The van der Waals surface area contributed by atoms with E-state index in [9.17, 15) is 9.59 Å². The molecular weight excluding hydrogens is 446 g/mol. The van der Waals surface area contributed by atoms with E-state index in [0.717, 1.165) is 10.0 Å². The van der Waals surface area contributed by atoms with Crippen LogP contribution in [-0.4, -0.2) is 24.3 Å². The molecule has 148 valence electrons. The van der Waals surface area contributed by atoms with Crippen molar-refractivity contribution >= 4 is 39.7 Å². The fraction of sp³-hybridized carbons (Fsp3) is 0.0417. The molecule has 0 spiro atoms. The van der Waals surface area contributed by atoms with Crippen molar-refractivity contribution in [2.45, 2.75) is 0 Å². The van der Waals surface area contributed by atoms with E-state index >= 15 is 0 Å². The number of hydrogen-bond donors (Lipinski definition) is 0. The second kappa shape index (κ2) is 8.88. The van der Waals surface area contributed by atoms with Crippen molar-refractivity contribution in [2.75, 3.05) is 6.61 Å². The second-order valence-corrected chi connectivity index (χ2v) is 7.32. The van der Waals surface area contributed by atoms with Crippen LogP contribution in [0.1, 0.15) is 21.5 Å². The number of benzene rings is 3. The van der Waals surface area contributed by atoms with Gasteiger partial charge in [-0.15, -0.1) is 0 Å². The number of Topliss-reactive ketones (excluding diaryl/α,β-unsaturated/α-hetero) is 1. The molecule has 0 N–H and O–H groups in total. The summed E-state index contributed by atoms with van der Waals surface area (Å²) >= 11 is 3.43. The summed E-state index contributed by atoms with van der Waals surface area (Å²) in [6.45, 7) is -0.0453. The third-order valence-corrected chi connectivity index (χ3v) is 5.07. The number of aliphatic imine (C=N–C) groups is 1. The summed E-state index contributed by atoms with van der Waals surface area (Å²) in [7, 11) is 0. The molecule has 0 fully saturated rings. The zero-order chi connectivity index (χ0) is 20.9. The van der Waals surface area contributed by atoms with Gasteiger partial charge < -0.3 is 9.47 Å². The first-order valence-corrected chi connectivity index (χ1v) is 9.98. The van der Waals surface area contributed by atoms with Crippen LogP contribution in [0.2, 0.25) is 0 Å². The number of halogens is 1. The van der Waals surface area contributed by atoms with Gasteiger partial charge in [0.05, 0.1) is 5.56 Å². The quantitative estimate of drug-likeness (QED) is 0.292. The Hall–Kier alpha value is -3.51. The number of ether oxygens (including phenoxy) is 2. The first-order chi connectivity index (χ1) is 14.6. The number of nitrogens with zero attached hydrogens (tertiary/aromatic N) is 1. The van der Waals surface area contributed by atoms with Gasteiger partial charge in [0.1, 0.15) is 5.75 Å². The lowest BCUT2D eigenvalue weighted by Gasteiger charge is -2.06. The van der Waals surface area contributed by atoms with Crippen LogP contribution in [0.25, 0.3) is 6.08 Å². The van der Waals surface area contributed by atoms with Gasteiger partial charge in [0.25, 0.3) is 0 Å². The summed E-state index contributed by atoms with van der Waals surface area (Å²) in [4.78, 5) is 28.6. The topological polar surface area (TPSA) is 65.0 Å². The SMILES string of the molecule is O=C1OC(c2ccccc2Br)=N/C1=C\c1ccc(OCC(=O)c2ccccc2)cc1. The number of esters is 1.